The maximum absolute atomic E-state index is 12.6. The molecule has 0 aromatic rings. The highest BCUT2D eigenvalue weighted by molar-refractivity contribution is 5.81. The molecule has 15 heteroatoms. The van der Waals surface area contributed by atoms with E-state index < -0.39 is 17.9 Å². The smallest absolute Gasteiger partial charge is 0.317 e. The van der Waals surface area contributed by atoms with Gasteiger partial charge in [-0.3, -0.25) is 43.6 Å². The zero-order valence-corrected chi connectivity index (χ0v) is 23.6. The van der Waals surface area contributed by atoms with Crippen LogP contribution in [-0.2, 0) is 33.4 Å². The second-order valence-electron chi connectivity index (χ2n) is 9.92. The Balaban J connectivity index is 2.62. The second kappa shape index (κ2) is 20.2. The first-order valence-electron chi connectivity index (χ1n) is 13.5. The molecule has 230 valence electrons. The largest absolute Gasteiger partial charge is 0.480 e. The summed E-state index contributed by atoms with van der Waals surface area (Å²) in [4.78, 5) is 65.0. The molecule has 0 atom stereocenters. The number of rotatable bonds is 17. The van der Waals surface area contributed by atoms with Crippen molar-refractivity contribution in [1.82, 2.24) is 24.9 Å². The Labute approximate surface area is 234 Å². The molecule has 0 aromatic heterocycles. The normalized spacial score (nSPS) is 17.2. The van der Waals surface area contributed by atoms with Crippen molar-refractivity contribution in [1.29, 1.82) is 0 Å². The third-order valence-electron chi connectivity index (χ3n) is 6.20. The number of hydrogen-bond donors (Lipinski definition) is 4. The molecule has 1 amide bonds. The molecule has 15 nitrogen and oxygen atoms in total. The van der Waals surface area contributed by atoms with Crippen LogP contribution in [-0.4, -0.2) is 176 Å². The van der Waals surface area contributed by atoms with Crippen molar-refractivity contribution in [3.8, 4) is 0 Å². The number of carboxylic acids is 3. The first-order valence-corrected chi connectivity index (χ1v) is 13.5. The topological polar surface area (TPSA) is 189 Å². The van der Waals surface area contributed by atoms with E-state index in [1.807, 2.05) is 4.90 Å². The minimum absolute atomic E-state index is 0.0197. The van der Waals surface area contributed by atoms with Crippen LogP contribution >= 0.6 is 0 Å². The van der Waals surface area contributed by atoms with E-state index >= 15 is 0 Å². The molecular weight excluding hydrogens is 530 g/mol. The first kappa shape index (κ1) is 35.3. The van der Waals surface area contributed by atoms with Crippen LogP contribution in [0.3, 0.4) is 0 Å². The lowest BCUT2D eigenvalue weighted by atomic mass is 10.1. The van der Waals surface area contributed by atoms with Gasteiger partial charge in [0.15, 0.2) is 5.78 Å². The van der Waals surface area contributed by atoms with E-state index in [0.717, 1.165) is 0 Å². The van der Waals surface area contributed by atoms with Crippen LogP contribution in [0.1, 0.15) is 13.8 Å². The average molecular weight is 576 g/mol. The van der Waals surface area contributed by atoms with Crippen molar-refractivity contribution in [2.75, 3.05) is 112 Å². The van der Waals surface area contributed by atoms with E-state index in [1.165, 1.54) is 0 Å². The molecule has 40 heavy (non-hydrogen) atoms. The maximum Gasteiger partial charge on any atom is 0.317 e. The summed E-state index contributed by atoms with van der Waals surface area (Å²) in [6.07, 6.45) is 0. The predicted octanol–water partition coefficient (Wildman–Crippen LogP) is -2.16. The van der Waals surface area contributed by atoms with Gasteiger partial charge in [0.2, 0.25) is 5.91 Å². The van der Waals surface area contributed by atoms with Crippen molar-refractivity contribution in [3.63, 3.8) is 0 Å². The van der Waals surface area contributed by atoms with Crippen LogP contribution in [0.5, 0.6) is 0 Å². The van der Waals surface area contributed by atoms with Crippen molar-refractivity contribution in [2.24, 2.45) is 5.92 Å². The molecule has 0 saturated carbocycles. The molecule has 1 fully saturated rings. The Morgan fingerprint density at radius 3 is 1.38 bits per heavy atom. The fourth-order valence-electron chi connectivity index (χ4n) is 3.87. The van der Waals surface area contributed by atoms with Gasteiger partial charge in [-0.05, 0) is 0 Å². The van der Waals surface area contributed by atoms with Gasteiger partial charge in [0.1, 0.15) is 6.61 Å². The number of hydrogen-bond acceptors (Lipinski definition) is 11. The van der Waals surface area contributed by atoms with Gasteiger partial charge in [-0.15, -0.1) is 0 Å². The van der Waals surface area contributed by atoms with Gasteiger partial charge in [-0.1, -0.05) is 13.8 Å². The van der Waals surface area contributed by atoms with Gasteiger partial charge in [0.05, 0.1) is 46.0 Å². The van der Waals surface area contributed by atoms with Gasteiger partial charge in [-0.25, -0.2) is 0 Å². The summed E-state index contributed by atoms with van der Waals surface area (Å²) in [5.74, 6) is -3.35. The molecule has 0 aromatic carbocycles. The van der Waals surface area contributed by atoms with Crippen LogP contribution < -0.4 is 5.32 Å². The van der Waals surface area contributed by atoms with Crippen LogP contribution in [0, 0.1) is 5.92 Å². The number of Topliss-reactive ketones (excluding diaryl/α,β-unsaturated/α-hetero) is 1. The fraction of sp³-hybridized carbons (Fsp3) is 0.800. The molecule has 0 bridgehead atoms. The summed E-state index contributed by atoms with van der Waals surface area (Å²) in [6.45, 7) is 6.73. The van der Waals surface area contributed by atoms with Crippen LogP contribution in [0.2, 0.25) is 0 Å². The molecule has 0 radical (unpaired) electrons. The molecule has 0 spiro atoms. The number of ether oxygens (including phenoxy) is 2. The summed E-state index contributed by atoms with van der Waals surface area (Å²) in [7, 11) is 0. The standard InChI is InChI=1S/C25H45N5O10/c1-20(2)21(31)19-40-14-13-39-12-3-26-22(32)15-27-4-6-28(16-23(33)34)8-10-30(18-25(37)38)11-9-29(7-5-27)17-24(35)36/h20H,3-19H2,1-2H3,(H,26,32)(H,33,34)(H,35,36)(H,37,38). The highest BCUT2D eigenvalue weighted by Crippen LogP contribution is 2.01. The summed E-state index contributed by atoms with van der Waals surface area (Å²) >= 11 is 0. The highest BCUT2D eigenvalue weighted by atomic mass is 16.5. The SMILES string of the molecule is CC(C)C(=O)COCCOCCNC(=O)CN1CCN(CC(=O)O)CCN(CC(=O)O)CCN(CC(=O)O)CC1. The Morgan fingerprint density at radius 1 is 0.625 bits per heavy atom. The number of nitrogens with one attached hydrogen (secondary N) is 1. The Morgan fingerprint density at radius 2 is 1.00 bits per heavy atom. The Hall–Kier alpha value is -2.69. The minimum atomic E-state index is -1.02. The lowest BCUT2D eigenvalue weighted by Gasteiger charge is -2.32. The molecule has 0 unspecified atom stereocenters. The summed E-state index contributed by atoms with van der Waals surface area (Å²) < 4.78 is 10.7. The van der Waals surface area contributed by atoms with E-state index in [0.29, 0.717) is 52.4 Å². The monoisotopic (exact) mass is 575 g/mol. The number of carbonyl (C=O) groups is 5. The van der Waals surface area contributed by atoms with Crippen LogP contribution in [0.4, 0.5) is 0 Å². The highest BCUT2D eigenvalue weighted by Gasteiger charge is 2.21. The number of carboxylic acid groups (broad SMARTS) is 3. The van der Waals surface area contributed by atoms with Crippen molar-refractivity contribution in [2.45, 2.75) is 13.8 Å². The summed E-state index contributed by atoms with van der Waals surface area (Å²) in [6, 6.07) is 0. The zero-order chi connectivity index (χ0) is 29.9. The van der Waals surface area contributed by atoms with Gasteiger partial charge in [0.25, 0.3) is 0 Å². The van der Waals surface area contributed by atoms with Crippen LogP contribution in [0.15, 0.2) is 0 Å². The van der Waals surface area contributed by atoms with E-state index in [-0.39, 0.29) is 76.8 Å². The number of aliphatic carboxylic acids is 3. The first-order chi connectivity index (χ1) is 19.0. The van der Waals surface area contributed by atoms with Gasteiger partial charge in [0, 0.05) is 64.8 Å². The van der Waals surface area contributed by atoms with Crippen molar-refractivity contribution < 1.29 is 48.8 Å². The van der Waals surface area contributed by atoms with Crippen molar-refractivity contribution in [3.05, 3.63) is 0 Å². The molecular formula is C25H45N5O10. The van der Waals surface area contributed by atoms with E-state index in [4.69, 9.17) is 9.47 Å². The van der Waals surface area contributed by atoms with Gasteiger partial charge < -0.3 is 30.1 Å². The third-order valence-corrected chi connectivity index (χ3v) is 6.20. The fourth-order valence-corrected chi connectivity index (χ4v) is 3.87. The maximum atomic E-state index is 12.6. The molecule has 0 aliphatic carbocycles. The number of nitrogens with zero attached hydrogens (tertiary/aromatic N) is 4. The lowest BCUT2D eigenvalue weighted by Crippen LogP contribution is -2.50. The second-order valence-corrected chi connectivity index (χ2v) is 9.92. The number of ketones is 1. The molecule has 1 heterocycles. The van der Waals surface area contributed by atoms with Gasteiger partial charge >= 0.3 is 17.9 Å². The zero-order valence-electron chi connectivity index (χ0n) is 23.6. The van der Waals surface area contributed by atoms with E-state index in [1.54, 1.807) is 28.5 Å². The molecule has 1 aliphatic heterocycles. The lowest BCUT2D eigenvalue weighted by molar-refractivity contribution is -0.140. The summed E-state index contributed by atoms with van der Waals surface area (Å²) in [5.41, 5.74) is 0. The summed E-state index contributed by atoms with van der Waals surface area (Å²) in [5, 5.41) is 30.6. The molecule has 1 rings (SSSR count). The molecule has 1 saturated heterocycles. The quantitative estimate of drug-likeness (QED) is 0.137. The third kappa shape index (κ3) is 17.8. The molecule has 1 aliphatic rings. The predicted molar refractivity (Wildman–Crippen MR) is 143 cm³/mol. The van der Waals surface area contributed by atoms with E-state index in [2.05, 4.69) is 5.32 Å². The average Bonchev–Trinajstić information content (AvgIpc) is 2.86. The minimum Gasteiger partial charge on any atom is -0.480 e. The molecule has 4 N–H and O–H groups in total. The van der Waals surface area contributed by atoms with E-state index in [9.17, 15) is 39.3 Å². The van der Waals surface area contributed by atoms with Crippen molar-refractivity contribution >= 4 is 29.6 Å². The van der Waals surface area contributed by atoms with Crippen LogP contribution in [0.25, 0.3) is 0 Å². The Bertz CT molecular complexity index is 781. The van der Waals surface area contributed by atoms with Gasteiger partial charge in [-0.2, -0.15) is 0 Å². The number of amides is 1. The number of carbonyl (C=O) groups excluding carboxylic acids is 2. The Kier molecular flexibility index (Phi) is 17.9.